The maximum Gasteiger partial charge on any atom is 0.408 e. The van der Waals surface area contributed by atoms with Crippen LogP contribution in [0.2, 0.25) is 0 Å². The molecule has 1 aromatic heterocycles. The molecule has 0 spiro atoms. The molecule has 4 aliphatic rings. The van der Waals surface area contributed by atoms with E-state index in [1.165, 1.54) is 4.90 Å². The summed E-state index contributed by atoms with van der Waals surface area (Å²) in [5.41, 5.74) is -3.18. The molecule has 54 heavy (non-hydrogen) atoms. The highest BCUT2D eigenvalue weighted by Gasteiger charge is 2.62. The summed E-state index contributed by atoms with van der Waals surface area (Å²) in [6, 6.07) is 5.18. The van der Waals surface area contributed by atoms with Crippen LogP contribution in [0.4, 0.5) is 4.79 Å². The Bertz CT molecular complexity index is 1870. The number of ether oxygens (including phenoxy) is 3. The van der Waals surface area contributed by atoms with E-state index in [9.17, 15) is 27.6 Å². The first-order valence-electron chi connectivity index (χ1n) is 18.9. The monoisotopic (exact) mass is 771 g/mol. The first-order chi connectivity index (χ1) is 25.4. The molecule has 1 aliphatic heterocycles. The van der Waals surface area contributed by atoms with E-state index in [2.05, 4.69) is 15.6 Å². The number of amides is 4. The van der Waals surface area contributed by atoms with Crippen LogP contribution in [0.15, 0.2) is 30.5 Å². The molecule has 4 amide bonds. The minimum atomic E-state index is -4.45. The SMILES string of the molecule is CC[C@@H]1C[C@]1(NC(=O)[C@@H]1CC(Oc2nccc3cc(OC)ccc23)CN1C(=O)[C@@H](NC(=O)OC(C)(C)C)C1CCCCC1)C(=O)NS(=O)(=O)OC1(C)CC1. The fourth-order valence-electron chi connectivity index (χ4n) is 7.71. The van der Waals surface area contributed by atoms with Crippen LogP contribution in [-0.2, 0) is 33.6 Å². The molecule has 15 nitrogen and oxygen atoms in total. The number of fused-ring (bicyclic) bond motifs is 1. The normalized spacial score (nSPS) is 25.7. The maximum absolute atomic E-state index is 14.7. The predicted octanol–water partition coefficient (Wildman–Crippen LogP) is 4.28. The Hall–Kier alpha value is -4.18. The van der Waals surface area contributed by atoms with Crippen molar-refractivity contribution in [2.45, 2.75) is 134 Å². The number of pyridine rings is 1. The van der Waals surface area contributed by atoms with Crippen LogP contribution in [0.1, 0.15) is 98.8 Å². The number of carbonyl (C=O) groups is 4. The molecule has 3 aliphatic carbocycles. The van der Waals surface area contributed by atoms with Gasteiger partial charge in [0, 0.05) is 18.0 Å². The van der Waals surface area contributed by atoms with E-state index in [4.69, 9.17) is 18.4 Å². The van der Waals surface area contributed by atoms with E-state index in [1.807, 2.05) is 29.8 Å². The Balaban J connectivity index is 1.28. The van der Waals surface area contributed by atoms with Gasteiger partial charge in [-0.2, -0.15) is 8.42 Å². The van der Waals surface area contributed by atoms with Crippen LogP contribution in [0.25, 0.3) is 10.8 Å². The molecule has 2 aromatic rings. The van der Waals surface area contributed by atoms with Gasteiger partial charge in [-0.05, 0) is 101 Å². The van der Waals surface area contributed by atoms with Crippen molar-refractivity contribution >= 4 is 44.9 Å². The number of nitrogens with zero attached hydrogens (tertiary/aromatic N) is 2. The molecule has 1 saturated heterocycles. The molecule has 296 valence electrons. The van der Waals surface area contributed by atoms with Gasteiger partial charge in [-0.3, -0.25) is 14.4 Å². The molecule has 3 saturated carbocycles. The molecule has 16 heteroatoms. The molecule has 0 bridgehead atoms. The standard InChI is InChI=1S/C38H53N5O10S/c1-7-25-21-38(25,34(46)42-54(48,49)53-37(5)16-17-37)41-31(44)29-20-27(51-32-28-14-13-26(50-6)19-24(28)15-18-39-32)22-43(29)33(45)30(23-11-9-8-10-12-23)40-35(47)52-36(2,3)4/h13-15,18-19,23,25,27,29-30H,7-12,16-17,20-22H2,1-6H3,(H,40,47)(H,41,44)(H,42,46)/t25-,27?,29+,30+,38-/m1/s1. The minimum absolute atomic E-state index is 0.0123. The van der Waals surface area contributed by atoms with E-state index >= 15 is 0 Å². The summed E-state index contributed by atoms with van der Waals surface area (Å²) in [5.74, 6) is -1.56. The Morgan fingerprint density at radius 3 is 2.43 bits per heavy atom. The first kappa shape index (κ1) is 39.5. The Kier molecular flexibility index (Phi) is 11.1. The quantitative estimate of drug-likeness (QED) is 0.264. The Morgan fingerprint density at radius 2 is 1.80 bits per heavy atom. The fourth-order valence-corrected chi connectivity index (χ4v) is 8.85. The zero-order chi connectivity index (χ0) is 39.1. The molecule has 6 rings (SSSR count). The lowest BCUT2D eigenvalue weighted by molar-refractivity contribution is -0.142. The van der Waals surface area contributed by atoms with Gasteiger partial charge in [0.15, 0.2) is 0 Å². The number of carbonyl (C=O) groups excluding carboxylic acids is 4. The van der Waals surface area contributed by atoms with Crippen LogP contribution in [0.5, 0.6) is 11.6 Å². The van der Waals surface area contributed by atoms with Crippen LogP contribution in [0, 0.1) is 11.8 Å². The average molecular weight is 772 g/mol. The third-order valence-corrected chi connectivity index (χ3v) is 12.0. The number of alkyl carbamates (subject to hydrolysis) is 1. The Morgan fingerprint density at radius 1 is 1.07 bits per heavy atom. The lowest BCUT2D eigenvalue weighted by Crippen LogP contribution is -2.59. The van der Waals surface area contributed by atoms with Crippen molar-refractivity contribution < 1.29 is 46.0 Å². The molecule has 3 N–H and O–H groups in total. The lowest BCUT2D eigenvalue weighted by Gasteiger charge is -2.35. The fraction of sp³-hybridized carbons (Fsp3) is 0.658. The summed E-state index contributed by atoms with van der Waals surface area (Å²) in [6.45, 7) is 8.69. The average Bonchev–Trinajstić information content (AvgIpc) is 3.98. The Labute approximate surface area is 316 Å². The molecule has 1 aromatic carbocycles. The molecule has 0 radical (unpaired) electrons. The van der Waals surface area contributed by atoms with E-state index in [0.717, 1.165) is 24.6 Å². The van der Waals surface area contributed by atoms with E-state index in [0.29, 0.717) is 49.1 Å². The smallest absolute Gasteiger partial charge is 0.408 e. The number of hydrogen-bond donors (Lipinski definition) is 3. The largest absolute Gasteiger partial charge is 0.497 e. The molecule has 2 heterocycles. The van der Waals surface area contributed by atoms with Crippen LogP contribution in [0.3, 0.4) is 0 Å². The number of methoxy groups -OCH3 is 1. The van der Waals surface area contributed by atoms with Crippen LogP contribution in [-0.4, -0.2) is 90.7 Å². The summed E-state index contributed by atoms with van der Waals surface area (Å²) in [7, 11) is -2.87. The number of nitrogens with one attached hydrogen (secondary N) is 3. The van der Waals surface area contributed by atoms with Crippen molar-refractivity contribution in [1.82, 2.24) is 25.2 Å². The van der Waals surface area contributed by atoms with Gasteiger partial charge < -0.3 is 29.7 Å². The van der Waals surface area contributed by atoms with Gasteiger partial charge in [0.05, 0.1) is 19.3 Å². The van der Waals surface area contributed by atoms with E-state index in [-0.39, 0.29) is 31.2 Å². The third-order valence-electron chi connectivity index (χ3n) is 11.0. The van der Waals surface area contributed by atoms with Gasteiger partial charge in [-0.1, -0.05) is 32.6 Å². The van der Waals surface area contributed by atoms with Gasteiger partial charge >= 0.3 is 16.4 Å². The predicted molar refractivity (Wildman–Crippen MR) is 198 cm³/mol. The van der Waals surface area contributed by atoms with E-state index in [1.54, 1.807) is 47.1 Å². The van der Waals surface area contributed by atoms with Crippen molar-refractivity contribution in [2.75, 3.05) is 13.7 Å². The number of benzene rings is 1. The van der Waals surface area contributed by atoms with Gasteiger partial charge in [0.1, 0.15) is 35.1 Å². The molecule has 1 unspecified atom stereocenters. The number of likely N-dealkylation sites (tertiary alicyclic amines) is 1. The zero-order valence-corrected chi connectivity index (χ0v) is 32.8. The minimum Gasteiger partial charge on any atom is -0.497 e. The van der Waals surface area contributed by atoms with Gasteiger partial charge in [0.25, 0.3) is 5.91 Å². The van der Waals surface area contributed by atoms with Crippen molar-refractivity contribution in [2.24, 2.45) is 11.8 Å². The number of hydrogen-bond acceptors (Lipinski definition) is 11. The zero-order valence-electron chi connectivity index (χ0n) is 31.9. The summed E-state index contributed by atoms with van der Waals surface area (Å²) >= 11 is 0. The maximum atomic E-state index is 14.7. The lowest BCUT2D eigenvalue weighted by atomic mass is 9.83. The summed E-state index contributed by atoms with van der Waals surface area (Å²) < 4.78 is 50.2. The van der Waals surface area contributed by atoms with Gasteiger partial charge in [0.2, 0.25) is 17.7 Å². The highest BCUT2D eigenvalue weighted by atomic mass is 32.2. The van der Waals surface area contributed by atoms with Crippen molar-refractivity contribution in [3.63, 3.8) is 0 Å². The molecular formula is C38H53N5O10S. The number of rotatable bonds is 13. The highest BCUT2D eigenvalue weighted by Crippen LogP contribution is 2.47. The van der Waals surface area contributed by atoms with Crippen molar-refractivity contribution in [3.8, 4) is 11.6 Å². The second-order valence-electron chi connectivity index (χ2n) is 16.4. The molecule has 4 fully saturated rings. The number of aromatic nitrogens is 1. The van der Waals surface area contributed by atoms with Crippen LogP contribution < -0.4 is 24.8 Å². The highest BCUT2D eigenvalue weighted by molar-refractivity contribution is 7.85. The first-order valence-corrected chi connectivity index (χ1v) is 20.3. The molecule has 5 atom stereocenters. The van der Waals surface area contributed by atoms with Gasteiger partial charge in [-0.25, -0.2) is 18.7 Å². The van der Waals surface area contributed by atoms with Crippen molar-refractivity contribution in [3.05, 3.63) is 30.5 Å². The summed E-state index contributed by atoms with van der Waals surface area (Å²) in [4.78, 5) is 61.8. The summed E-state index contributed by atoms with van der Waals surface area (Å²) in [6.07, 6.45) is 6.21. The topological polar surface area (TPSA) is 192 Å². The third kappa shape index (κ3) is 9.02. The van der Waals surface area contributed by atoms with Crippen LogP contribution >= 0.6 is 0 Å². The van der Waals surface area contributed by atoms with Crippen molar-refractivity contribution in [1.29, 1.82) is 0 Å². The second kappa shape index (κ2) is 15.2. The van der Waals surface area contributed by atoms with Gasteiger partial charge in [-0.15, -0.1) is 0 Å². The molecular weight excluding hydrogens is 719 g/mol. The second-order valence-corrected chi connectivity index (χ2v) is 17.7. The summed E-state index contributed by atoms with van der Waals surface area (Å²) in [5, 5.41) is 7.21. The van der Waals surface area contributed by atoms with E-state index < -0.39 is 69.0 Å².